The van der Waals surface area contributed by atoms with Gasteiger partial charge in [-0.25, -0.2) is 4.79 Å². The van der Waals surface area contributed by atoms with Crippen LogP contribution >= 0.6 is 0 Å². The Bertz CT molecular complexity index is 791. The van der Waals surface area contributed by atoms with Crippen LogP contribution in [0.1, 0.15) is 18.4 Å². The highest BCUT2D eigenvalue weighted by atomic mass is 16.5. The standard InChI is InChI=1S/C20H21N3O3/c21-9-6-15-2-1-3-17(12-15)19-5-4-18(13-22-19)26-14-16-7-10-23(11-8-16)20(24)25/h1-5,12-13,16H,6-8,10-11,14H2,(H,24,25). The summed E-state index contributed by atoms with van der Waals surface area (Å²) in [6.45, 7) is 1.71. The zero-order chi connectivity index (χ0) is 18.4. The number of carboxylic acid groups (broad SMARTS) is 1. The van der Waals surface area contributed by atoms with Crippen LogP contribution in [0.5, 0.6) is 5.75 Å². The summed E-state index contributed by atoms with van der Waals surface area (Å²) >= 11 is 0. The molecule has 1 aliphatic rings. The SMILES string of the molecule is N#CCc1cccc(-c2ccc(OCC3CCN(C(=O)O)CC3)cn2)c1. The Balaban J connectivity index is 1.54. The van der Waals surface area contributed by atoms with Crippen molar-refractivity contribution in [2.75, 3.05) is 19.7 Å². The summed E-state index contributed by atoms with van der Waals surface area (Å²) in [5, 5.41) is 17.8. The summed E-state index contributed by atoms with van der Waals surface area (Å²) in [4.78, 5) is 16.8. The third kappa shape index (κ3) is 4.51. The van der Waals surface area contributed by atoms with Gasteiger partial charge in [0.15, 0.2) is 0 Å². The minimum atomic E-state index is -0.844. The summed E-state index contributed by atoms with van der Waals surface area (Å²) in [7, 11) is 0. The quantitative estimate of drug-likeness (QED) is 0.890. The summed E-state index contributed by atoms with van der Waals surface area (Å²) in [6.07, 6.45) is 2.89. The van der Waals surface area contributed by atoms with Crippen LogP contribution in [0, 0.1) is 17.2 Å². The van der Waals surface area contributed by atoms with Gasteiger partial charge in [0.1, 0.15) is 5.75 Å². The van der Waals surface area contributed by atoms with E-state index in [1.165, 1.54) is 4.90 Å². The Kier molecular flexibility index (Phi) is 5.69. The molecule has 2 heterocycles. The van der Waals surface area contributed by atoms with Crippen molar-refractivity contribution in [2.45, 2.75) is 19.3 Å². The Morgan fingerprint density at radius 3 is 2.77 bits per heavy atom. The Morgan fingerprint density at radius 1 is 1.31 bits per heavy atom. The monoisotopic (exact) mass is 351 g/mol. The molecule has 0 unspecified atom stereocenters. The summed E-state index contributed by atoms with van der Waals surface area (Å²) in [5.41, 5.74) is 2.79. The molecule has 6 heteroatoms. The number of piperidine rings is 1. The van der Waals surface area contributed by atoms with Crippen LogP contribution in [0.25, 0.3) is 11.3 Å². The second-order valence-electron chi connectivity index (χ2n) is 6.44. The van der Waals surface area contributed by atoms with Gasteiger partial charge in [-0.3, -0.25) is 4.98 Å². The minimum Gasteiger partial charge on any atom is -0.492 e. The molecule has 134 valence electrons. The van der Waals surface area contributed by atoms with Crippen LogP contribution in [-0.4, -0.2) is 40.8 Å². The van der Waals surface area contributed by atoms with E-state index in [0.29, 0.717) is 37.8 Å². The number of nitrogens with zero attached hydrogens (tertiary/aromatic N) is 3. The first-order valence-corrected chi connectivity index (χ1v) is 8.68. The molecule has 0 bridgehead atoms. The van der Waals surface area contributed by atoms with Gasteiger partial charge < -0.3 is 14.7 Å². The van der Waals surface area contributed by atoms with E-state index in [9.17, 15) is 4.79 Å². The second-order valence-corrected chi connectivity index (χ2v) is 6.44. The first-order valence-electron chi connectivity index (χ1n) is 8.68. The van der Waals surface area contributed by atoms with Crippen LogP contribution in [-0.2, 0) is 6.42 Å². The Morgan fingerprint density at radius 2 is 2.12 bits per heavy atom. The Hall–Kier alpha value is -3.07. The third-order valence-corrected chi connectivity index (χ3v) is 4.61. The van der Waals surface area contributed by atoms with Crippen molar-refractivity contribution < 1.29 is 14.6 Å². The number of likely N-dealkylation sites (tertiary alicyclic amines) is 1. The van der Waals surface area contributed by atoms with Crippen LogP contribution in [0.3, 0.4) is 0 Å². The fraction of sp³-hybridized carbons (Fsp3) is 0.350. The normalized spacial score (nSPS) is 14.7. The average Bonchev–Trinajstić information content (AvgIpc) is 2.67. The molecular weight excluding hydrogens is 330 g/mol. The van der Waals surface area contributed by atoms with E-state index < -0.39 is 6.09 Å². The first-order chi connectivity index (χ1) is 12.7. The maximum atomic E-state index is 10.9. The molecule has 1 fully saturated rings. The smallest absolute Gasteiger partial charge is 0.407 e. The van der Waals surface area contributed by atoms with Gasteiger partial charge >= 0.3 is 6.09 Å². The Labute approximate surface area is 152 Å². The van der Waals surface area contributed by atoms with Crippen molar-refractivity contribution in [1.82, 2.24) is 9.88 Å². The number of rotatable bonds is 5. The van der Waals surface area contributed by atoms with Crippen molar-refractivity contribution in [3.63, 3.8) is 0 Å². The van der Waals surface area contributed by atoms with Crippen LogP contribution < -0.4 is 4.74 Å². The van der Waals surface area contributed by atoms with Gasteiger partial charge in [0, 0.05) is 18.7 Å². The predicted octanol–water partition coefficient (Wildman–Crippen LogP) is 3.58. The van der Waals surface area contributed by atoms with Crippen molar-refractivity contribution >= 4 is 6.09 Å². The summed E-state index contributed by atoms with van der Waals surface area (Å²) < 4.78 is 5.82. The van der Waals surface area contributed by atoms with E-state index in [0.717, 1.165) is 29.7 Å². The molecule has 2 aromatic rings. The lowest BCUT2D eigenvalue weighted by Crippen LogP contribution is -2.38. The van der Waals surface area contributed by atoms with Crippen molar-refractivity contribution in [1.29, 1.82) is 5.26 Å². The molecule has 3 rings (SSSR count). The van der Waals surface area contributed by atoms with Gasteiger partial charge in [-0.05, 0) is 42.5 Å². The fourth-order valence-corrected chi connectivity index (χ4v) is 3.07. The molecule has 0 atom stereocenters. The van der Waals surface area contributed by atoms with E-state index in [1.807, 2.05) is 36.4 Å². The van der Waals surface area contributed by atoms with Gasteiger partial charge in [0.05, 0.1) is 31.0 Å². The number of hydrogen-bond acceptors (Lipinski definition) is 4. The van der Waals surface area contributed by atoms with Gasteiger partial charge in [-0.2, -0.15) is 5.26 Å². The van der Waals surface area contributed by atoms with Crippen LogP contribution in [0.4, 0.5) is 4.79 Å². The third-order valence-electron chi connectivity index (χ3n) is 4.61. The van der Waals surface area contributed by atoms with Gasteiger partial charge in [-0.1, -0.05) is 18.2 Å². The molecule has 1 amide bonds. The zero-order valence-corrected chi connectivity index (χ0v) is 14.5. The molecule has 0 saturated carbocycles. The lowest BCUT2D eigenvalue weighted by molar-refractivity contribution is 0.111. The topological polar surface area (TPSA) is 86.5 Å². The average molecular weight is 351 g/mol. The summed E-state index contributed by atoms with van der Waals surface area (Å²) in [5.74, 6) is 1.08. The molecule has 0 aliphatic carbocycles. The molecule has 1 aromatic heterocycles. The van der Waals surface area contributed by atoms with E-state index in [-0.39, 0.29) is 0 Å². The van der Waals surface area contributed by atoms with Gasteiger partial charge in [-0.15, -0.1) is 0 Å². The number of ether oxygens (including phenoxy) is 1. The molecule has 1 aliphatic heterocycles. The van der Waals surface area contributed by atoms with E-state index in [1.54, 1.807) is 6.20 Å². The number of nitriles is 1. The van der Waals surface area contributed by atoms with Crippen molar-refractivity contribution in [3.05, 3.63) is 48.2 Å². The number of aromatic nitrogens is 1. The lowest BCUT2D eigenvalue weighted by Gasteiger charge is -2.29. The van der Waals surface area contributed by atoms with E-state index in [4.69, 9.17) is 15.1 Å². The summed E-state index contributed by atoms with van der Waals surface area (Å²) in [6, 6.07) is 13.8. The fourth-order valence-electron chi connectivity index (χ4n) is 3.07. The first kappa shape index (κ1) is 17.7. The number of pyridine rings is 1. The minimum absolute atomic E-state index is 0.368. The number of hydrogen-bond donors (Lipinski definition) is 1. The highest BCUT2D eigenvalue weighted by Crippen LogP contribution is 2.22. The van der Waals surface area contributed by atoms with Gasteiger partial charge in [0.2, 0.25) is 0 Å². The number of carbonyl (C=O) groups is 1. The molecule has 6 nitrogen and oxygen atoms in total. The highest BCUT2D eigenvalue weighted by Gasteiger charge is 2.22. The van der Waals surface area contributed by atoms with Crippen molar-refractivity contribution in [3.8, 4) is 23.1 Å². The van der Waals surface area contributed by atoms with E-state index in [2.05, 4.69) is 11.1 Å². The molecule has 1 N–H and O–H groups in total. The van der Waals surface area contributed by atoms with Crippen molar-refractivity contribution in [2.24, 2.45) is 5.92 Å². The molecule has 0 spiro atoms. The highest BCUT2D eigenvalue weighted by molar-refractivity contribution is 5.65. The lowest BCUT2D eigenvalue weighted by atomic mass is 9.98. The molecule has 1 saturated heterocycles. The van der Waals surface area contributed by atoms with E-state index >= 15 is 0 Å². The maximum Gasteiger partial charge on any atom is 0.407 e. The van der Waals surface area contributed by atoms with Crippen LogP contribution in [0.15, 0.2) is 42.6 Å². The largest absolute Gasteiger partial charge is 0.492 e. The molecule has 26 heavy (non-hydrogen) atoms. The number of amides is 1. The molecular formula is C20H21N3O3. The molecule has 0 radical (unpaired) electrons. The molecule has 1 aromatic carbocycles. The van der Waals surface area contributed by atoms with Crippen LogP contribution in [0.2, 0.25) is 0 Å². The van der Waals surface area contributed by atoms with Gasteiger partial charge in [0.25, 0.3) is 0 Å². The number of benzene rings is 1. The maximum absolute atomic E-state index is 10.9. The predicted molar refractivity (Wildman–Crippen MR) is 96.8 cm³/mol. The zero-order valence-electron chi connectivity index (χ0n) is 14.5. The second kappa shape index (κ2) is 8.34.